The molecule has 0 spiro atoms. The fourth-order valence-electron chi connectivity index (χ4n) is 12.1. The zero-order valence-corrected chi connectivity index (χ0v) is 50.9. The monoisotopic (exact) mass is 1170 g/mol. The molecule has 6 aromatic carbocycles. The first kappa shape index (κ1) is 54.2. The van der Waals surface area contributed by atoms with Gasteiger partial charge in [-0.3, -0.25) is 0 Å². The molecule has 8 aromatic rings. The topological polar surface area (TPSA) is 33.4 Å². The molecule has 390 valence electrons. The molecule has 0 amide bonds. The predicted molar refractivity (Wildman–Crippen MR) is 316 cm³/mol. The molecule has 10 rings (SSSR count). The third-order valence-corrected chi connectivity index (χ3v) is 16.9. The Hall–Kier alpha value is -5.57. The second kappa shape index (κ2) is 18.3. The van der Waals surface area contributed by atoms with Crippen molar-refractivity contribution >= 4 is 33.3 Å². The number of para-hydroxylation sites is 1. The molecule has 0 saturated carbocycles. The van der Waals surface area contributed by atoms with Gasteiger partial charge >= 0.3 is 21.1 Å². The minimum absolute atomic E-state index is 0. The summed E-state index contributed by atoms with van der Waals surface area (Å²) >= 11 is 0. The fourth-order valence-corrected chi connectivity index (χ4v) is 12.1. The van der Waals surface area contributed by atoms with Crippen LogP contribution < -0.4 is 4.90 Å². The molecule has 0 bridgehead atoms. The molecule has 0 radical (unpaired) electrons. The van der Waals surface area contributed by atoms with Crippen LogP contribution in [0.3, 0.4) is 0 Å². The van der Waals surface area contributed by atoms with Crippen molar-refractivity contribution in [2.24, 2.45) is 4.99 Å². The number of benzene rings is 6. The average Bonchev–Trinajstić information content (AvgIpc) is 3.77. The molecule has 3 heterocycles. The van der Waals surface area contributed by atoms with Crippen molar-refractivity contribution in [3.05, 3.63) is 183 Å². The zero-order chi connectivity index (χ0) is 53.6. The molecular formula is C70H80N4Pt. The fraction of sp³-hybridized carbons (Fsp3) is 0.400. The molecule has 0 N–H and O–H groups in total. The molecular weight excluding hydrogens is 1090 g/mol. The average molecular weight is 1170 g/mol. The van der Waals surface area contributed by atoms with Crippen molar-refractivity contribution in [1.29, 1.82) is 0 Å². The molecule has 0 saturated heterocycles. The molecule has 0 unspecified atom stereocenters. The van der Waals surface area contributed by atoms with Crippen LogP contribution in [0, 0.1) is 26.0 Å². The third kappa shape index (κ3) is 8.78. The van der Waals surface area contributed by atoms with Gasteiger partial charge in [0.2, 0.25) is 0 Å². The van der Waals surface area contributed by atoms with Crippen LogP contribution in [-0.4, -0.2) is 15.4 Å². The summed E-state index contributed by atoms with van der Waals surface area (Å²) in [5.74, 6) is 1.44. The van der Waals surface area contributed by atoms with Crippen molar-refractivity contribution < 1.29 is 21.1 Å². The van der Waals surface area contributed by atoms with Gasteiger partial charge in [-0.2, -0.15) is 0 Å². The van der Waals surface area contributed by atoms with E-state index in [1.807, 2.05) is 6.20 Å². The maximum Gasteiger partial charge on any atom is 2.00 e. The molecule has 75 heavy (non-hydrogen) atoms. The number of anilines is 1. The summed E-state index contributed by atoms with van der Waals surface area (Å²) < 4.78 is 2.42. The van der Waals surface area contributed by atoms with E-state index in [1.54, 1.807) is 0 Å². The van der Waals surface area contributed by atoms with Crippen molar-refractivity contribution in [3.63, 3.8) is 0 Å². The minimum atomic E-state index is -0.715. The van der Waals surface area contributed by atoms with Gasteiger partial charge in [0, 0.05) is 17.4 Å². The van der Waals surface area contributed by atoms with Crippen LogP contribution in [0.15, 0.2) is 114 Å². The van der Waals surface area contributed by atoms with Crippen molar-refractivity contribution in [2.45, 2.75) is 183 Å². The summed E-state index contributed by atoms with van der Waals surface area (Å²) in [6.45, 7) is 46.5. The molecule has 5 heteroatoms. The quantitative estimate of drug-likeness (QED) is 0.156. The Balaban J connectivity index is 0.00000689. The molecule has 2 aromatic heterocycles. The van der Waals surface area contributed by atoms with Crippen LogP contribution in [-0.2, 0) is 53.8 Å². The molecule has 1 aliphatic carbocycles. The Morgan fingerprint density at radius 2 is 1.12 bits per heavy atom. The largest absolute Gasteiger partial charge is 2.00 e. The summed E-state index contributed by atoms with van der Waals surface area (Å²) in [6.07, 6.45) is 1.96. The Morgan fingerprint density at radius 1 is 0.560 bits per heavy atom. The number of rotatable bonds is 6. The summed E-state index contributed by atoms with van der Waals surface area (Å²) in [6, 6.07) is 48.3. The first-order valence-corrected chi connectivity index (χ1v) is 27.3. The zero-order valence-electron chi connectivity index (χ0n) is 48.7. The Bertz CT molecular complexity index is 3580. The number of amidine groups is 1. The Morgan fingerprint density at radius 3 is 1.69 bits per heavy atom. The number of fused-ring (bicyclic) bond motifs is 9. The predicted octanol–water partition coefficient (Wildman–Crippen LogP) is 18.6. The van der Waals surface area contributed by atoms with Crippen LogP contribution in [0.4, 0.5) is 5.69 Å². The molecule has 1 aliphatic heterocycles. The van der Waals surface area contributed by atoms with Gasteiger partial charge in [-0.15, -0.1) is 52.6 Å². The number of aliphatic imine (C=N–C) groups is 1. The molecule has 2 aliphatic rings. The number of hydrogen-bond donors (Lipinski definition) is 0. The van der Waals surface area contributed by atoms with E-state index in [2.05, 4.69) is 263 Å². The van der Waals surface area contributed by atoms with E-state index in [0.29, 0.717) is 0 Å². The smallest absolute Gasteiger partial charge is 0.353 e. The van der Waals surface area contributed by atoms with Gasteiger partial charge in [0.1, 0.15) is 5.54 Å². The first-order chi connectivity index (χ1) is 34.4. The van der Waals surface area contributed by atoms with Gasteiger partial charge < -0.3 is 19.4 Å². The van der Waals surface area contributed by atoms with Crippen LogP contribution >= 0.6 is 0 Å². The van der Waals surface area contributed by atoms with Crippen LogP contribution in [0.1, 0.15) is 198 Å². The van der Waals surface area contributed by atoms with Gasteiger partial charge in [-0.25, -0.2) is 0 Å². The van der Waals surface area contributed by atoms with Gasteiger partial charge in [-0.1, -0.05) is 201 Å². The van der Waals surface area contributed by atoms with E-state index >= 15 is 0 Å². The number of pyridine rings is 1. The van der Waals surface area contributed by atoms with E-state index in [4.69, 9.17) is 9.98 Å². The summed E-state index contributed by atoms with van der Waals surface area (Å²) in [7, 11) is 0. The standard InChI is InChI=1S/C70H80N4.Pt/c1-41(2)51-22-21-23-52(42(3)4)63(51)74-64(72-69(19)58-27-25-46(65(7,8)9)37-54(58)55-38-47(66(10,11)12)26-28-59(55)70(69,74)20)45-34-49(68(16,17)18)36-50(35-45)73-61-29-24-43(5)32-56(61)57-33-44(6)53(40-62(57)73)60-39-48(30-31-71-60)67(13,14)15;/h21-34,36-39,41-42H,1-20H3;/q-2;+2/t69-,70+;/m1./s1. The molecule has 2 atom stereocenters. The summed E-state index contributed by atoms with van der Waals surface area (Å²) in [5.41, 5.74) is 20.9. The number of aryl methyl sites for hydroxylation is 2. The number of aromatic nitrogens is 2. The number of hydrogen-bond acceptors (Lipinski definition) is 3. The van der Waals surface area contributed by atoms with E-state index in [0.717, 1.165) is 44.9 Å². The van der Waals surface area contributed by atoms with Crippen molar-refractivity contribution in [1.82, 2.24) is 9.55 Å². The normalized spacial score (nSPS) is 17.9. The first-order valence-electron chi connectivity index (χ1n) is 27.3. The second-order valence-electron chi connectivity index (χ2n) is 27.1. The Kier molecular flexibility index (Phi) is 13.2. The molecule has 0 fully saturated rings. The van der Waals surface area contributed by atoms with E-state index < -0.39 is 11.1 Å². The maximum absolute atomic E-state index is 6.31. The van der Waals surface area contributed by atoms with E-state index in [9.17, 15) is 0 Å². The van der Waals surface area contributed by atoms with E-state index in [1.165, 1.54) is 77.7 Å². The summed E-state index contributed by atoms with van der Waals surface area (Å²) in [5, 5.41) is 2.37. The van der Waals surface area contributed by atoms with Gasteiger partial charge in [-0.05, 0) is 139 Å². The SMILES string of the molecule is Cc1ccc2c(c1)c1cc(C)c(-c3cc(C(C)(C)C)ccn3)[c-]c1n2-c1[c-]c(C2=N[C@]3(C)c4ccc(C(C)(C)C)cc4-c4cc(C(C)(C)C)ccc4[C@]3(C)N2c2c(C(C)C)cccc2C(C)C)cc(C(C)(C)C)c1.[Pt+2]. The number of nitrogens with zero attached hydrogens (tertiary/aromatic N) is 4. The van der Waals surface area contributed by atoms with Crippen molar-refractivity contribution in [2.75, 3.05) is 4.90 Å². The van der Waals surface area contributed by atoms with E-state index in [-0.39, 0.29) is 54.6 Å². The molecule has 4 nitrogen and oxygen atoms in total. The maximum atomic E-state index is 6.31. The van der Waals surface area contributed by atoms with Crippen LogP contribution in [0.25, 0.3) is 49.9 Å². The van der Waals surface area contributed by atoms with Gasteiger partial charge in [0.25, 0.3) is 0 Å². The van der Waals surface area contributed by atoms with Crippen molar-refractivity contribution in [3.8, 4) is 28.1 Å². The second-order valence-corrected chi connectivity index (χ2v) is 27.1. The van der Waals surface area contributed by atoms with Gasteiger partial charge in [0.15, 0.2) is 0 Å². The minimum Gasteiger partial charge on any atom is -0.353 e. The van der Waals surface area contributed by atoms with Crippen LogP contribution in [0.2, 0.25) is 0 Å². The third-order valence-electron chi connectivity index (χ3n) is 16.9. The Labute approximate surface area is 464 Å². The van der Waals surface area contributed by atoms with Crippen LogP contribution in [0.5, 0.6) is 0 Å². The van der Waals surface area contributed by atoms with Gasteiger partial charge in [0.05, 0.1) is 11.4 Å². The summed E-state index contributed by atoms with van der Waals surface area (Å²) in [4.78, 5) is 14.0.